The monoisotopic (exact) mass is 318 g/mol. The van der Waals surface area contributed by atoms with Crippen LogP contribution in [-0.4, -0.2) is 35.4 Å². The molecule has 1 fully saturated rings. The zero-order valence-corrected chi connectivity index (χ0v) is 14.4. The van der Waals surface area contributed by atoms with Gasteiger partial charge in [0.1, 0.15) is 5.69 Å². The lowest BCUT2D eigenvalue weighted by molar-refractivity contribution is 0.0709. The second kappa shape index (κ2) is 5.78. The summed E-state index contributed by atoms with van der Waals surface area (Å²) in [5, 5.41) is 3.02. The van der Waals surface area contributed by atoms with Crippen molar-refractivity contribution in [2.45, 2.75) is 65.5 Å². The van der Waals surface area contributed by atoms with Crippen LogP contribution in [0.2, 0.25) is 0 Å². The predicted molar refractivity (Wildman–Crippen MR) is 87.9 cm³/mol. The number of Topliss-reactive ketones (excluding diaryl/α,β-unsaturated/α-hetero) is 1. The van der Waals surface area contributed by atoms with Gasteiger partial charge in [0.05, 0.1) is 12.1 Å². The molecular weight excluding hydrogens is 292 g/mol. The van der Waals surface area contributed by atoms with E-state index in [1.54, 1.807) is 0 Å². The molecule has 1 amide bonds. The minimum Gasteiger partial charge on any atom is -0.376 e. The van der Waals surface area contributed by atoms with Gasteiger partial charge < -0.3 is 15.0 Å². The molecule has 2 atom stereocenters. The van der Waals surface area contributed by atoms with Crippen molar-refractivity contribution in [3.05, 3.63) is 22.5 Å². The standard InChI is InChI=1S/C18H26N2O3/c1-10-15-12(8-18(3,4)9-13(15)21)20-16(10)17(22)19-11(2)14-6-5-7-23-14/h11,14,20H,5-9H2,1-4H3,(H,19,22). The summed E-state index contributed by atoms with van der Waals surface area (Å²) in [7, 11) is 0. The Morgan fingerprint density at radius 1 is 1.39 bits per heavy atom. The number of aromatic amines is 1. The first kappa shape index (κ1) is 16.2. The first-order chi connectivity index (χ1) is 10.8. The van der Waals surface area contributed by atoms with E-state index in [1.807, 2.05) is 13.8 Å². The molecule has 0 radical (unpaired) electrons. The summed E-state index contributed by atoms with van der Waals surface area (Å²) in [5.74, 6) is -0.0123. The molecule has 126 valence electrons. The van der Waals surface area contributed by atoms with E-state index in [0.29, 0.717) is 12.1 Å². The van der Waals surface area contributed by atoms with Crippen molar-refractivity contribution in [1.82, 2.24) is 10.3 Å². The summed E-state index contributed by atoms with van der Waals surface area (Å²) in [5.41, 5.74) is 2.86. The van der Waals surface area contributed by atoms with E-state index in [0.717, 1.165) is 42.7 Å². The third-order valence-corrected chi connectivity index (χ3v) is 5.01. The molecular formula is C18H26N2O3. The van der Waals surface area contributed by atoms with Crippen molar-refractivity contribution in [2.24, 2.45) is 5.41 Å². The van der Waals surface area contributed by atoms with Crippen LogP contribution in [0.1, 0.15) is 72.1 Å². The van der Waals surface area contributed by atoms with E-state index in [9.17, 15) is 9.59 Å². The predicted octanol–water partition coefficient (Wildman–Crippen LogP) is 2.78. The normalized spacial score (nSPS) is 24.3. The van der Waals surface area contributed by atoms with Crippen molar-refractivity contribution in [2.75, 3.05) is 6.61 Å². The van der Waals surface area contributed by atoms with Crippen LogP contribution in [-0.2, 0) is 11.2 Å². The number of hydrogen-bond donors (Lipinski definition) is 2. The molecule has 2 N–H and O–H groups in total. The molecule has 1 aliphatic carbocycles. The van der Waals surface area contributed by atoms with E-state index in [4.69, 9.17) is 4.74 Å². The van der Waals surface area contributed by atoms with Gasteiger partial charge in [-0.05, 0) is 44.1 Å². The van der Waals surface area contributed by atoms with E-state index < -0.39 is 0 Å². The molecule has 1 aromatic rings. The molecule has 2 unspecified atom stereocenters. The molecule has 1 saturated heterocycles. The van der Waals surface area contributed by atoms with Gasteiger partial charge in [0, 0.05) is 24.3 Å². The van der Waals surface area contributed by atoms with Gasteiger partial charge in [-0.25, -0.2) is 0 Å². The number of carbonyl (C=O) groups excluding carboxylic acids is 2. The zero-order valence-electron chi connectivity index (χ0n) is 14.4. The smallest absolute Gasteiger partial charge is 0.268 e. The number of carbonyl (C=O) groups is 2. The van der Waals surface area contributed by atoms with Crippen LogP contribution >= 0.6 is 0 Å². The SMILES string of the molecule is Cc1c(C(=O)NC(C)C2CCCO2)[nH]c2c1C(=O)CC(C)(C)C2. The maximum atomic E-state index is 12.6. The Kier molecular flexibility index (Phi) is 4.08. The molecule has 2 aliphatic rings. The third kappa shape index (κ3) is 3.07. The molecule has 0 saturated carbocycles. The van der Waals surface area contributed by atoms with E-state index in [2.05, 4.69) is 24.1 Å². The number of nitrogens with one attached hydrogen (secondary N) is 2. The van der Waals surface area contributed by atoms with Crippen molar-refractivity contribution < 1.29 is 14.3 Å². The molecule has 5 heteroatoms. The number of fused-ring (bicyclic) bond motifs is 1. The number of rotatable bonds is 3. The molecule has 0 spiro atoms. The molecule has 3 rings (SSSR count). The Balaban J connectivity index is 1.81. The molecule has 0 aromatic carbocycles. The summed E-state index contributed by atoms with van der Waals surface area (Å²) < 4.78 is 5.63. The lowest BCUT2D eigenvalue weighted by Crippen LogP contribution is -2.41. The highest BCUT2D eigenvalue weighted by Crippen LogP contribution is 2.36. The van der Waals surface area contributed by atoms with E-state index in [1.165, 1.54) is 0 Å². The highest BCUT2D eigenvalue weighted by molar-refractivity contribution is 6.04. The second-order valence-electron chi connectivity index (χ2n) is 7.73. The van der Waals surface area contributed by atoms with Crippen LogP contribution in [0, 0.1) is 12.3 Å². The number of aromatic nitrogens is 1. The highest BCUT2D eigenvalue weighted by Gasteiger charge is 2.35. The van der Waals surface area contributed by atoms with Gasteiger partial charge in [0.25, 0.3) is 5.91 Å². The molecule has 0 bridgehead atoms. The number of hydrogen-bond acceptors (Lipinski definition) is 3. The summed E-state index contributed by atoms with van der Waals surface area (Å²) in [6, 6.07) is -0.0307. The fourth-order valence-corrected chi connectivity index (χ4v) is 3.83. The molecule has 1 aromatic heterocycles. The van der Waals surface area contributed by atoms with Crippen LogP contribution < -0.4 is 5.32 Å². The minimum absolute atomic E-state index is 0.0307. The summed E-state index contributed by atoms with van der Waals surface area (Å²) in [6.45, 7) is 8.77. The van der Waals surface area contributed by atoms with Gasteiger partial charge in [-0.15, -0.1) is 0 Å². The average molecular weight is 318 g/mol. The van der Waals surface area contributed by atoms with Crippen LogP contribution in [0.25, 0.3) is 0 Å². The summed E-state index contributed by atoms with van der Waals surface area (Å²) in [4.78, 5) is 28.2. The lowest BCUT2D eigenvalue weighted by atomic mass is 9.75. The van der Waals surface area contributed by atoms with Gasteiger partial charge in [-0.2, -0.15) is 0 Å². The Bertz CT molecular complexity index is 639. The minimum atomic E-state index is -0.148. The zero-order chi connectivity index (χ0) is 16.8. The first-order valence-electron chi connectivity index (χ1n) is 8.45. The molecule has 5 nitrogen and oxygen atoms in total. The van der Waals surface area contributed by atoms with Gasteiger partial charge in [0.15, 0.2) is 5.78 Å². The number of ketones is 1. The second-order valence-corrected chi connectivity index (χ2v) is 7.73. The summed E-state index contributed by atoms with van der Waals surface area (Å²) in [6.07, 6.45) is 3.44. The van der Waals surface area contributed by atoms with Gasteiger partial charge >= 0.3 is 0 Å². The van der Waals surface area contributed by atoms with Crippen molar-refractivity contribution in [1.29, 1.82) is 0 Å². The molecule has 2 heterocycles. The lowest BCUT2D eigenvalue weighted by Gasteiger charge is -2.28. The van der Waals surface area contributed by atoms with Gasteiger partial charge in [-0.3, -0.25) is 9.59 Å². The Morgan fingerprint density at radius 2 is 2.13 bits per heavy atom. The Hall–Kier alpha value is -1.62. The first-order valence-corrected chi connectivity index (χ1v) is 8.45. The van der Waals surface area contributed by atoms with Crippen LogP contribution in [0.4, 0.5) is 0 Å². The van der Waals surface area contributed by atoms with Crippen LogP contribution in [0.15, 0.2) is 0 Å². The fraction of sp³-hybridized carbons (Fsp3) is 0.667. The maximum absolute atomic E-state index is 12.6. The summed E-state index contributed by atoms with van der Waals surface area (Å²) >= 11 is 0. The number of ether oxygens (including phenoxy) is 1. The maximum Gasteiger partial charge on any atom is 0.268 e. The Labute approximate surface area is 137 Å². The molecule has 23 heavy (non-hydrogen) atoms. The number of H-pyrrole nitrogens is 1. The largest absolute Gasteiger partial charge is 0.376 e. The van der Waals surface area contributed by atoms with E-state index >= 15 is 0 Å². The van der Waals surface area contributed by atoms with Crippen LogP contribution in [0.5, 0.6) is 0 Å². The van der Waals surface area contributed by atoms with Gasteiger partial charge in [-0.1, -0.05) is 13.8 Å². The third-order valence-electron chi connectivity index (χ3n) is 5.01. The Morgan fingerprint density at radius 3 is 2.78 bits per heavy atom. The average Bonchev–Trinajstić information content (AvgIpc) is 3.05. The number of amides is 1. The topological polar surface area (TPSA) is 71.2 Å². The van der Waals surface area contributed by atoms with Crippen molar-refractivity contribution >= 4 is 11.7 Å². The van der Waals surface area contributed by atoms with Crippen molar-refractivity contribution in [3.8, 4) is 0 Å². The fourth-order valence-electron chi connectivity index (χ4n) is 3.83. The van der Waals surface area contributed by atoms with Crippen LogP contribution in [0.3, 0.4) is 0 Å². The quantitative estimate of drug-likeness (QED) is 0.900. The van der Waals surface area contributed by atoms with Gasteiger partial charge in [0.2, 0.25) is 0 Å². The molecule has 1 aliphatic heterocycles. The highest BCUT2D eigenvalue weighted by atomic mass is 16.5. The van der Waals surface area contributed by atoms with E-state index in [-0.39, 0.29) is 29.3 Å². The van der Waals surface area contributed by atoms with Crippen molar-refractivity contribution in [3.63, 3.8) is 0 Å².